The summed E-state index contributed by atoms with van der Waals surface area (Å²) < 4.78 is 43.5. The van der Waals surface area contributed by atoms with Gasteiger partial charge in [0.15, 0.2) is 0 Å². The number of benzene rings is 1. The molecule has 1 N–H and O–H groups in total. The van der Waals surface area contributed by atoms with Crippen LogP contribution in [0.15, 0.2) is 30.6 Å². The first-order valence-corrected chi connectivity index (χ1v) is 12.8. The lowest BCUT2D eigenvalue weighted by Gasteiger charge is -2.30. The molecule has 33 heavy (non-hydrogen) atoms. The summed E-state index contributed by atoms with van der Waals surface area (Å²) in [5.41, 5.74) is 2.20. The molecule has 1 saturated heterocycles. The molecule has 0 radical (unpaired) electrons. The van der Waals surface area contributed by atoms with Crippen molar-refractivity contribution in [1.29, 1.82) is 0 Å². The zero-order valence-electron chi connectivity index (χ0n) is 18.7. The second-order valence-electron chi connectivity index (χ2n) is 8.02. The number of hydrogen-bond acceptors (Lipinski definition) is 7. The number of thiazole rings is 1. The van der Waals surface area contributed by atoms with Crippen molar-refractivity contribution in [1.82, 2.24) is 19.3 Å². The minimum atomic E-state index is -4.56. The summed E-state index contributed by atoms with van der Waals surface area (Å²) in [7, 11) is 0. The van der Waals surface area contributed by atoms with E-state index >= 15 is 0 Å². The first kappa shape index (κ1) is 24.0. The van der Waals surface area contributed by atoms with Crippen LogP contribution in [-0.2, 0) is 12.6 Å². The Labute approximate surface area is 200 Å². The predicted molar refractivity (Wildman–Crippen MR) is 129 cm³/mol. The summed E-state index contributed by atoms with van der Waals surface area (Å²) >= 11 is 2.92. The van der Waals surface area contributed by atoms with Crippen LogP contribution in [0.1, 0.15) is 36.5 Å². The Morgan fingerprint density at radius 1 is 1.18 bits per heavy atom. The van der Waals surface area contributed by atoms with E-state index in [0.29, 0.717) is 9.88 Å². The van der Waals surface area contributed by atoms with Gasteiger partial charge in [0.1, 0.15) is 10.6 Å². The first-order valence-electron chi connectivity index (χ1n) is 10.8. The van der Waals surface area contributed by atoms with E-state index in [0.717, 1.165) is 49.7 Å². The molecule has 0 saturated carbocycles. The van der Waals surface area contributed by atoms with Crippen LogP contribution in [0.25, 0.3) is 21.1 Å². The van der Waals surface area contributed by atoms with E-state index in [1.165, 1.54) is 23.1 Å². The van der Waals surface area contributed by atoms with Crippen molar-refractivity contribution in [2.45, 2.75) is 45.3 Å². The highest BCUT2D eigenvalue weighted by Gasteiger charge is 2.36. The number of rotatable bonds is 6. The van der Waals surface area contributed by atoms with Gasteiger partial charge in [-0.05, 0) is 43.6 Å². The van der Waals surface area contributed by atoms with Crippen molar-refractivity contribution >= 4 is 29.2 Å². The molecule has 1 aliphatic rings. The van der Waals surface area contributed by atoms with Crippen LogP contribution >= 0.6 is 23.3 Å². The molecule has 0 atom stereocenters. The van der Waals surface area contributed by atoms with Crippen molar-refractivity contribution in [3.63, 3.8) is 0 Å². The Hall–Kier alpha value is -2.17. The second kappa shape index (κ2) is 9.99. The van der Waals surface area contributed by atoms with E-state index in [4.69, 9.17) is 0 Å². The molecular formula is C23H26F3N5S2. The van der Waals surface area contributed by atoms with Crippen LogP contribution in [0.5, 0.6) is 0 Å². The van der Waals surface area contributed by atoms with E-state index in [9.17, 15) is 13.2 Å². The van der Waals surface area contributed by atoms with Crippen molar-refractivity contribution < 1.29 is 13.2 Å². The Bertz CT molecular complexity index is 1110. The second-order valence-corrected chi connectivity index (χ2v) is 9.93. The van der Waals surface area contributed by atoms with E-state index in [1.54, 1.807) is 11.9 Å². The Kier molecular flexibility index (Phi) is 7.25. The van der Waals surface area contributed by atoms with E-state index in [2.05, 4.69) is 37.6 Å². The molecule has 176 valence electrons. The van der Waals surface area contributed by atoms with Gasteiger partial charge in [-0.1, -0.05) is 37.1 Å². The average Bonchev–Trinajstić information content (AvgIpc) is 3.28. The summed E-state index contributed by atoms with van der Waals surface area (Å²) in [6, 6.07) is 6.23. The number of anilines is 1. The average molecular weight is 494 g/mol. The van der Waals surface area contributed by atoms with Gasteiger partial charge < -0.3 is 5.32 Å². The minimum absolute atomic E-state index is 0.131. The maximum Gasteiger partial charge on any atom is 0.420 e. The molecule has 4 rings (SSSR count). The van der Waals surface area contributed by atoms with Crippen molar-refractivity contribution in [3.05, 3.63) is 47.3 Å². The van der Waals surface area contributed by atoms with E-state index < -0.39 is 11.7 Å². The normalized spacial score (nSPS) is 15.7. The third kappa shape index (κ3) is 5.50. The van der Waals surface area contributed by atoms with Crippen LogP contribution in [0.4, 0.5) is 19.1 Å². The van der Waals surface area contributed by atoms with Gasteiger partial charge in [-0.25, -0.2) is 15.0 Å². The van der Waals surface area contributed by atoms with Crippen molar-refractivity contribution in [2.75, 3.05) is 24.7 Å². The Morgan fingerprint density at radius 2 is 1.94 bits per heavy atom. The zero-order valence-corrected chi connectivity index (χ0v) is 20.4. The molecule has 10 heteroatoms. The highest BCUT2D eigenvalue weighted by molar-refractivity contribution is 7.96. The predicted octanol–water partition coefficient (Wildman–Crippen LogP) is 6.31. The lowest BCUT2D eigenvalue weighted by Crippen LogP contribution is -2.35. The maximum atomic E-state index is 13.8. The minimum Gasteiger partial charge on any atom is -0.351 e. The zero-order chi connectivity index (χ0) is 23.6. The summed E-state index contributed by atoms with van der Waals surface area (Å²) in [6.07, 6.45) is 2.54. The fourth-order valence-corrected chi connectivity index (χ4v) is 5.49. The topological polar surface area (TPSA) is 53.9 Å². The molecule has 3 heterocycles. The molecular weight excluding hydrogens is 467 g/mol. The van der Waals surface area contributed by atoms with Gasteiger partial charge in [0.2, 0.25) is 5.95 Å². The lowest BCUT2D eigenvalue weighted by molar-refractivity contribution is -0.137. The van der Waals surface area contributed by atoms with Gasteiger partial charge in [-0.15, -0.1) is 11.3 Å². The van der Waals surface area contributed by atoms with Gasteiger partial charge in [0.05, 0.1) is 10.6 Å². The number of piperidine rings is 1. The summed E-state index contributed by atoms with van der Waals surface area (Å²) in [6.45, 7) is 5.91. The number of alkyl halides is 3. The highest BCUT2D eigenvalue weighted by Crippen LogP contribution is 2.40. The Balaban J connectivity index is 1.64. The molecule has 2 aromatic heterocycles. The summed E-state index contributed by atoms with van der Waals surface area (Å²) in [5.74, 6) is 0.221. The number of halogens is 3. The van der Waals surface area contributed by atoms with E-state index in [-0.39, 0.29) is 17.7 Å². The molecule has 1 aliphatic heterocycles. The molecule has 0 amide bonds. The fourth-order valence-electron chi connectivity index (χ4n) is 3.91. The standard InChI is InChI=1S/C23H26F3N5S2/c1-4-15-5-6-17(14(2)11-15)21-27-13-19(33-21)20-18(23(24,25)26)12-28-22(30-20)29-16-7-9-31(32-3)10-8-16/h5-6,11-13,16H,4,7-10H2,1-3H3,(H,28,29,30). The summed E-state index contributed by atoms with van der Waals surface area (Å²) in [4.78, 5) is 13.1. The quantitative estimate of drug-likeness (QED) is 0.406. The van der Waals surface area contributed by atoms with Crippen LogP contribution in [-0.4, -0.2) is 44.6 Å². The smallest absolute Gasteiger partial charge is 0.351 e. The van der Waals surface area contributed by atoms with Crippen LogP contribution in [0, 0.1) is 6.92 Å². The van der Waals surface area contributed by atoms with Gasteiger partial charge in [0, 0.05) is 37.1 Å². The molecule has 1 fully saturated rings. The summed E-state index contributed by atoms with van der Waals surface area (Å²) in [5, 5.41) is 3.91. The van der Waals surface area contributed by atoms with Gasteiger partial charge >= 0.3 is 6.18 Å². The molecule has 3 aromatic rings. The number of nitrogens with one attached hydrogen (secondary N) is 1. The van der Waals surface area contributed by atoms with Crippen molar-refractivity contribution in [2.24, 2.45) is 0 Å². The number of aromatic nitrogens is 3. The molecule has 1 aromatic carbocycles. The molecule has 5 nitrogen and oxygen atoms in total. The van der Waals surface area contributed by atoms with Gasteiger partial charge in [-0.3, -0.25) is 4.31 Å². The fraction of sp³-hybridized carbons (Fsp3) is 0.435. The van der Waals surface area contributed by atoms with Crippen LogP contribution < -0.4 is 5.32 Å². The van der Waals surface area contributed by atoms with Crippen LogP contribution in [0.2, 0.25) is 0 Å². The third-order valence-corrected chi connectivity index (χ3v) is 7.73. The van der Waals surface area contributed by atoms with E-state index in [1.807, 2.05) is 25.3 Å². The number of nitrogens with zero attached hydrogens (tertiary/aromatic N) is 4. The van der Waals surface area contributed by atoms with Gasteiger partial charge in [0.25, 0.3) is 0 Å². The highest BCUT2D eigenvalue weighted by atomic mass is 32.2. The molecule has 0 spiro atoms. The lowest BCUT2D eigenvalue weighted by atomic mass is 10.0. The molecule has 0 unspecified atom stereocenters. The molecule has 0 aliphatic carbocycles. The Morgan fingerprint density at radius 3 is 2.58 bits per heavy atom. The van der Waals surface area contributed by atoms with Crippen LogP contribution in [0.3, 0.4) is 0 Å². The van der Waals surface area contributed by atoms with Crippen molar-refractivity contribution in [3.8, 4) is 21.1 Å². The SMILES string of the molecule is CCc1ccc(-c2ncc(-c3nc(NC4CCN(SC)CC4)ncc3C(F)(F)F)s2)c(C)c1. The molecule has 0 bridgehead atoms. The third-order valence-electron chi connectivity index (χ3n) is 5.81. The monoisotopic (exact) mass is 493 g/mol. The number of hydrogen-bond donors (Lipinski definition) is 1. The maximum absolute atomic E-state index is 13.8. The first-order chi connectivity index (χ1) is 15.8. The largest absolute Gasteiger partial charge is 0.420 e. The van der Waals surface area contributed by atoms with Gasteiger partial charge in [-0.2, -0.15) is 13.2 Å². The number of aryl methyl sites for hydroxylation is 2.